The Kier molecular flexibility index (Phi) is 4.02. The van der Waals surface area contributed by atoms with E-state index in [0.717, 1.165) is 6.42 Å². The van der Waals surface area contributed by atoms with Crippen molar-refractivity contribution in [1.29, 1.82) is 0 Å². The van der Waals surface area contributed by atoms with E-state index in [4.69, 9.17) is 4.43 Å². The van der Waals surface area contributed by atoms with Crippen molar-refractivity contribution in [2.75, 3.05) is 13.2 Å². The monoisotopic (exact) mass is 327 g/mol. The molecule has 0 aromatic carbocycles. The van der Waals surface area contributed by atoms with Crippen molar-refractivity contribution in [2.45, 2.75) is 72.1 Å². The van der Waals surface area contributed by atoms with Gasteiger partial charge in [0.15, 0.2) is 8.32 Å². The van der Waals surface area contributed by atoms with E-state index in [0.29, 0.717) is 19.1 Å². The maximum atomic E-state index is 11.7. The van der Waals surface area contributed by atoms with Crippen LogP contribution in [0.4, 0.5) is 4.79 Å². The molecule has 1 aliphatic carbocycles. The summed E-state index contributed by atoms with van der Waals surface area (Å²) in [5.41, 5.74) is 0.219. The van der Waals surface area contributed by atoms with Gasteiger partial charge in [0.1, 0.15) is 0 Å². The van der Waals surface area contributed by atoms with Crippen LogP contribution in [0, 0.1) is 16.7 Å². The average molecular weight is 328 g/mol. The van der Waals surface area contributed by atoms with E-state index < -0.39 is 14.4 Å². The van der Waals surface area contributed by atoms with Crippen LogP contribution in [0.15, 0.2) is 0 Å². The number of carboxylic acid groups (broad SMARTS) is 1. The van der Waals surface area contributed by atoms with Crippen LogP contribution in [0.3, 0.4) is 0 Å². The SMILES string of the molecule is CC(C)(C)[C@]12C[C@H]1CN(C(=O)O)[C@@H]2CO[Si](C)(C)C(C)(C)C. The van der Waals surface area contributed by atoms with E-state index in [-0.39, 0.29) is 21.9 Å². The molecule has 0 radical (unpaired) electrons. The summed E-state index contributed by atoms with van der Waals surface area (Å²) in [4.78, 5) is 13.3. The number of amides is 1. The predicted octanol–water partition coefficient (Wildman–Crippen LogP) is 4.42. The van der Waals surface area contributed by atoms with Crippen LogP contribution in [0.5, 0.6) is 0 Å². The molecular formula is C17H33NO3Si. The van der Waals surface area contributed by atoms with Gasteiger partial charge in [0, 0.05) is 12.0 Å². The van der Waals surface area contributed by atoms with Crippen LogP contribution >= 0.6 is 0 Å². The third kappa shape index (κ3) is 2.60. The van der Waals surface area contributed by atoms with Gasteiger partial charge in [-0.25, -0.2) is 4.79 Å². The molecule has 1 aliphatic heterocycles. The second-order valence-electron chi connectivity index (χ2n) is 9.71. The third-order valence-corrected chi connectivity index (χ3v) is 11.1. The molecule has 128 valence electrons. The maximum Gasteiger partial charge on any atom is 0.407 e. The van der Waals surface area contributed by atoms with Crippen LogP contribution < -0.4 is 0 Å². The summed E-state index contributed by atoms with van der Waals surface area (Å²) in [6.07, 6.45) is 0.353. The highest BCUT2D eigenvalue weighted by molar-refractivity contribution is 6.74. The molecule has 2 rings (SSSR count). The fourth-order valence-corrected chi connectivity index (χ4v) is 5.01. The van der Waals surface area contributed by atoms with Crippen molar-refractivity contribution in [3.05, 3.63) is 0 Å². The standard InChI is InChI=1S/C17H33NO3Si/c1-15(2,3)17-9-12(17)10-18(14(19)20)13(17)11-21-22(7,8)16(4,5)6/h12-13H,9-11H2,1-8H3,(H,19,20)/t12-,13+,17+/m0/s1. The Morgan fingerprint density at radius 3 is 2.23 bits per heavy atom. The summed E-state index contributed by atoms with van der Waals surface area (Å²) in [6.45, 7) is 19.1. The minimum atomic E-state index is -1.86. The van der Waals surface area contributed by atoms with Crippen molar-refractivity contribution < 1.29 is 14.3 Å². The molecule has 0 aromatic rings. The first-order chi connectivity index (χ1) is 9.74. The lowest BCUT2D eigenvalue weighted by atomic mass is 9.72. The lowest BCUT2D eigenvalue weighted by molar-refractivity contribution is 0.0564. The molecular weight excluding hydrogens is 294 g/mol. The smallest absolute Gasteiger partial charge is 0.407 e. The summed E-state index contributed by atoms with van der Waals surface area (Å²) in [6, 6.07) is 0.00382. The molecule has 4 nitrogen and oxygen atoms in total. The highest BCUT2D eigenvalue weighted by Crippen LogP contribution is 2.70. The molecule has 1 saturated carbocycles. The van der Waals surface area contributed by atoms with Crippen molar-refractivity contribution in [3.8, 4) is 0 Å². The van der Waals surface area contributed by atoms with Gasteiger partial charge in [0.05, 0.1) is 12.6 Å². The first-order valence-corrected chi connectivity index (χ1v) is 11.3. The van der Waals surface area contributed by atoms with Gasteiger partial charge >= 0.3 is 6.09 Å². The highest BCUT2D eigenvalue weighted by atomic mass is 28.4. The van der Waals surface area contributed by atoms with Gasteiger partial charge in [-0.2, -0.15) is 0 Å². The van der Waals surface area contributed by atoms with Gasteiger partial charge in [0.2, 0.25) is 0 Å². The third-order valence-electron chi connectivity index (χ3n) is 6.59. The molecule has 1 N–H and O–H groups in total. The average Bonchev–Trinajstić information content (AvgIpc) is 2.94. The van der Waals surface area contributed by atoms with Crippen LogP contribution in [-0.2, 0) is 4.43 Å². The van der Waals surface area contributed by atoms with Crippen LogP contribution in [0.1, 0.15) is 48.0 Å². The molecule has 2 aliphatic rings. The first-order valence-electron chi connectivity index (χ1n) is 8.37. The Labute approximate surface area is 136 Å². The Morgan fingerprint density at radius 2 is 1.82 bits per heavy atom. The zero-order valence-electron chi connectivity index (χ0n) is 15.5. The number of piperidine rings is 1. The second kappa shape index (κ2) is 4.97. The summed E-state index contributed by atoms with van der Waals surface area (Å²) >= 11 is 0. The van der Waals surface area contributed by atoms with Crippen LogP contribution in [0.25, 0.3) is 0 Å². The number of hydrogen-bond donors (Lipinski definition) is 1. The Hall–Kier alpha value is -0.553. The number of fused-ring (bicyclic) bond motifs is 1. The van der Waals surface area contributed by atoms with Crippen LogP contribution in [0.2, 0.25) is 18.1 Å². The van der Waals surface area contributed by atoms with E-state index in [9.17, 15) is 9.90 Å². The molecule has 3 atom stereocenters. The number of nitrogens with zero attached hydrogens (tertiary/aromatic N) is 1. The molecule has 0 spiro atoms. The molecule has 1 heterocycles. The summed E-state index contributed by atoms with van der Waals surface area (Å²) in [7, 11) is -1.86. The van der Waals surface area contributed by atoms with E-state index in [2.05, 4.69) is 54.6 Å². The highest BCUT2D eigenvalue weighted by Gasteiger charge is 2.71. The quantitative estimate of drug-likeness (QED) is 0.780. The molecule has 5 heteroatoms. The number of likely N-dealkylation sites (tertiary alicyclic amines) is 1. The lowest BCUT2D eigenvalue weighted by Gasteiger charge is -2.42. The van der Waals surface area contributed by atoms with Gasteiger partial charge in [-0.15, -0.1) is 0 Å². The zero-order valence-corrected chi connectivity index (χ0v) is 16.5. The second-order valence-corrected chi connectivity index (χ2v) is 14.5. The van der Waals surface area contributed by atoms with E-state index >= 15 is 0 Å². The summed E-state index contributed by atoms with van der Waals surface area (Å²) < 4.78 is 6.41. The largest absolute Gasteiger partial charge is 0.465 e. The van der Waals surface area contributed by atoms with E-state index in [1.165, 1.54) is 0 Å². The Morgan fingerprint density at radius 1 is 1.27 bits per heavy atom. The molecule has 2 fully saturated rings. The summed E-state index contributed by atoms with van der Waals surface area (Å²) in [5.74, 6) is 0.511. The molecule has 0 aromatic heterocycles. The van der Waals surface area contributed by atoms with Crippen molar-refractivity contribution in [3.63, 3.8) is 0 Å². The summed E-state index contributed by atoms with van der Waals surface area (Å²) in [5, 5.41) is 9.72. The maximum absolute atomic E-state index is 11.7. The first kappa shape index (κ1) is 17.8. The van der Waals surface area contributed by atoms with Gasteiger partial charge < -0.3 is 14.4 Å². The minimum Gasteiger partial charge on any atom is -0.465 e. The molecule has 1 saturated heterocycles. The van der Waals surface area contributed by atoms with Gasteiger partial charge in [-0.05, 0) is 35.9 Å². The van der Waals surface area contributed by atoms with Gasteiger partial charge in [-0.1, -0.05) is 41.5 Å². The number of rotatable bonds is 3. The topological polar surface area (TPSA) is 49.8 Å². The predicted molar refractivity (Wildman–Crippen MR) is 91.7 cm³/mol. The lowest BCUT2D eigenvalue weighted by Crippen LogP contribution is -2.51. The Bertz CT molecular complexity index is 464. The van der Waals surface area contributed by atoms with Crippen molar-refractivity contribution in [2.24, 2.45) is 16.7 Å². The fourth-order valence-electron chi connectivity index (χ4n) is 4.00. The van der Waals surface area contributed by atoms with E-state index in [1.807, 2.05) is 0 Å². The molecule has 1 amide bonds. The number of hydrogen-bond acceptors (Lipinski definition) is 2. The van der Waals surface area contributed by atoms with Crippen molar-refractivity contribution >= 4 is 14.4 Å². The number of carbonyl (C=O) groups is 1. The van der Waals surface area contributed by atoms with Crippen LogP contribution in [-0.4, -0.2) is 43.6 Å². The van der Waals surface area contributed by atoms with Crippen molar-refractivity contribution in [1.82, 2.24) is 4.90 Å². The molecule has 0 bridgehead atoms. The molecule has 22 heavy (non-hydrogen) atoms. The van der Waals surface area contributed by atoms with Gasteiger partial charge in [-0.3, -0.25) is 0 Å². The zero-order chi connectivity index (χ0) is 17.1. The minimum absolute atomic E-state index is 0.00382. The normalized spacial score (nSPS) is 32.1. The van der Waals surface area contributed by atoms with Gasteiger partial charge in [0.25, 0.3) is 0 Å². The Balaban J connectivity index is 2.20. The molecule has 0 unspecified atom stereocenters. The van der Waals surface area contributed by atoms with E-state index in [1.54, 1.807) is 4.90 Å². The fraction of sp³-hybridized carbons (Fsp3) is 0.941.